The predicted octanol–water partition coefficient (Wildman–Crippen LogP) is 4.23. The Morgan fingerprint density at radius 1 is 1.25 bits per heavy atom. The first kappa shape index (κ1) is 13.3. The summed E-state index contributed by atoms with van der Waals surface area (Å²) in [7, 11) is 1.48. The number of anilines is 1. The molecule has 2 nitrogen and oxygen atoms in total. The Morgan fingerprint density at radius 2 is 2.10 bits per heavy atom. The van der Waals surface area contributed by atoms with Gasteiger partial charge in [0.25, 0.3) is 0 Å². The third-order valence-electron chi connectivity index (χ3n) is 3.46. The maximum Gasteiger partial charge on any atom is 0.165 e. The van der Waals surface area contributed by atoms with Crippen LogP contribution in [0.3, 0.4) is 0 Å². The van der Waals surface area contributed by atoms with Crippen molar-refractivity contribution in [3.05, 3.63) is 59.4 Å². The largest absolute Gasteiger partial charge is 0.494 e. The molecule has 1 atom stereocenters. The minimum absolute atomic E-state index is 0.250. The van der Waals surface area contributed by atoms with Gasteiger partial charge in [0.2, 0.25) is 0 Å². The lowest BCUT2D eigenvalue weighted by Gasteiger charge is -2.27. The molecule has 1 unspecified atom stereocenters. The third kappa shape index (κ3) is 2.61. The number of hydrogen-bond donors (Lipinski definition) is 1. The van der Waals surface area contributed by atoms with Gasteiger partial charge in [-0.15, -0.1) is 0 Å². The SMILES string of the molecule is COc1cc(NC2CSCc3ccccc32)ccc1F. The maximum absolute atomic E-state index is 13.4. The van der Waals surface area contributed by atoms with Crippen LogP contribution in [0.2, 0.25) is 0 Å². The zero-order valence-corrected chi connectivity index (χ0v) is 12.0. The highest BCUT2D eigenvalue weighted by atomic mass is 32.2. The molecule has 4 heteroatoms. The van der Waals surface area contributed by atoms with Crippen LogP contribution >= 0.6 is 11.8 Å². The second-order valence-electron chi connectivity index (χ2n) is 4.76. The van der Waals surface area contributed by atoms with Crippen molar-refractivity contribution >= 4 is 17.4 Å². The maximum atomic E-state index is 13.4. The van der Waals surface area contributed by atoms with E-state index in [2.05, 4.69) is 29.6 Å². The molecular weight excluding hydrogens is 273 g/mol. The van der Waals surface area contributed by atoms with Crippen molar-refractivity contribution < 1.29 is 9.13 Å². The predicted molar refractivity (Wildman–Crippen MR) is 81.9 cm³/mol. The molecule has 2 aromatic rings. The number of benzene rings is 2. The quantitative estimate of drug-likeness (QED) is 0.913. The summed E-state index contributed by atoms with van der Waals surface area (Å²) in [6.07, 6.45) is 0. The van der Waals surface area contributed by atoms with Crippen molar-refractivity contribution in [3.63, 3.8) is 0 Å². The fraction of sp³-hybridized carbons (Fsp3) is 0.250. The van der Waals surface area contributed by atoms with Gasteiger partial charge in [0.15, 0.2) is 11.6 Å². The van der Waals surface area contributed by atoms with E-state index in [1.807, 2.05) is 11.8 Å². The van der Waals surface area contributed by atoms with Gasteiger partial charge in [-0.3, -0.25) is 0 Å². The van der Waals surface area contributed by atoms with E-state index >= 15 is 0 Å². The van der Waals surface area contributed by atoms with Gasteiger partial charge < -0.3 is 10.1 Å². The third-order valence-corrected chi connectivity index (χ3v) is 4.55. The zero-order valence-electron chi connectivity index (χ0n) is 11.2. The molecule has 0 aromatic heterocycles. The van der Waals surface area contributed by atoms with E-state index in [-0.39, 0.29) is 17.6 Å². The molecule has 0 aliphatic carbocycles. The van der Waals surface area contributed by atoms with Crippen molar-refractivity contribution in [3.8, 4) is 5.75 Å². The minimum Gasteiger partial charge on any atom is -0.494 e. The van der Waals surface area contributed by atoms with E-state index in [9.17, 15) is 4.39 Å². The first-order valence-electron chi connectivity index (χ1n) is 6.53. The summed E-state index contributed by atoms with van der Waals surface area (Å²) in [5, 5.41) is 3.47. The first-order chi connectivity index (χ1) is 9.78. The summed E-state index contributed by atoms with van der Waals surface area (Å²) in [5.41, 5.74) is 3.58. The van der Waals surface area contributed by atoms with Crippen LogP contribution in [0.15, 0.2) is 42.5 Å². The van der Waals surface area contributed by atoms with Crippen LogP contribution in [-0.4, -0.2) is 12.9 Å². The van der Waals surface area contributed by atoms with Crippen LogP contribution in [0.1, 0.15) is 17.2 Å². The highest BCUT2D eigenvalue weighted by Crippen LogP contribution is 2.34. The monoisotopic (exact) mass is 289 g/mol. The Kier molecular flexibility index (Phi) is 3.83. The summed E-state index contributed by atoms with van der Waals surface area (Å²) in [6, 6.07) is 13.6. The van der Waals surface area contributed by atoms with Crippen LogP contribution in [-0.2, 0) is 5.75 Å². The van der Waals surface area contributed by atoms with Crippen LogP contribution in [0, 0.1) is 5.82 Å². The molecule has 1 N–H and O–H groups in total. The Balaban J connectivity index is 1.85. The van der Waals surface area contributed by atoms with Crippen molar-refractivity contribution in [2.75, 3.05) is 18.2 Å². The van der Waals surface area contributed by atoms with Crippen molar-refractivity contribution in [2.24, 2.45) is 0 Å². The van der Waals surface area contributed by atoms with Crippen molar-refractivity contribution in [2.45, 2.75) is 11.8 Å². The van der Waals surface area contributed by atoms with Gasteiger partial charge in [-0.2, -0.15) is 11.8 Å². The summed E-state index contributed by atoms with van der Waals surface area (Å²) in [6.45, 7) is 0. The first-order valence-corrected chi connectivity index (χ1v) is 7.69. The smallest absolute Gasteiger partial charge is 0.165 e. The van der Waals surface area contributed by atoms with Crippen molar-refractivity contribution in [1.82, 2.24) is 0 Å². The van der Waals surface area contributed by atoms with Gasteiger partial charge in [0, 0.05) is 23.3 Å². The number of ether oxygens (including phenoxy) is 1. The number of halogens is 1. The summed E-state index contributed by atoms with van der Waals surface area (Å²) in [4.78, 5) is 0. The Hall–Kier alpha value is -1.68. The molecule has 0 saturated carbocycles. The second kappa shape index (κ2) is 5.75. The highest BCUT2D eigenvalue weighted by Gasteiger charge is 2.20. The van der Waals surface area contributed by atoms with Gasteiger partial charge in [-0.1, -0.05) is 24.3 Å². The van der Waals surface area contributed by atoms with Crippen LogP contribution in [0.5, 0.6) is 5.75 Å². The van der Waals surface area contributed by atoms with E-state index < -0.39 is 0 Å². The fourth-order valence-corrected chi connectivity index (χ4v) is 3.55. The molecule has 0 bridgehead atoms. The number of hydrogen-bond acceptors (Lipinski definition) is 3. The van der Waals surface area contributed by atoms with Crippen LogP contribution in [0.25, 0.3) is 0 Å². The Bertz CT molecular complexity index is 617. The molecule has 3 rings (SSSR count). The highest BCUT2D eigenvalue weighted by molar-refractivity contribution is 7.98. The Labute approximate surface area is 122 Å². The lowest BCUT2D eigenvalue weighted by Crippen LogP contribution is -2.18. The van der Waals surface area contributed by atoms with E-state index in [0.29, 0.717) is 0 Å². The number of nitrogens with one attached hydrogen (secondary N) is 1. The van der Waals surface area contributed by atoms with E-state index in [4.69, 9.17) is 4.74 Å². The van der Waals surface area contributed by atoms with Gasteiger partial charge in [-0.25, -0.2) is 4.39 Å². The van der Waals surface area contributed by atoms with E-state index in [1.54, 1.807) is 12.1 Å². The summed E-state index contributed by atoms with van der Waals surface area (Å²) >= 11 is 1.91. The lowest BCUT2D eigenvalue weighted by atomic mass is 10.0. The average molecular weight is 289 g/mol. The summed E-state index contributed by atoms with van der Waals surface area (Å²) in [5.74, 6) is 2.00. The topological polar surface area (TPSA) is 21.3 Å². The van der Waals surface area contributed by atoms with Gasteiger partial charge in [-0.05, 0) is 23.3 Å². The molecule has 0 radical (unpaired) electrons. The molecule has 20 heavy (non-hydrogen) atoms. The number of fused-ring (bicyclic) bond motifs is 1. The molecule has 1 heterocycles. The minimum atomic E-state index is -0.337. The number of rotatable bonds is 3. The molecule has 0 amide bonds. The van der Waals surface area contributed by atoms with Gasteiger partial charge in [0.05, 0.1) is 13.2 Å². The molecule has 0 spiro atoms. The molecule has 2 aromatic carbocycles. The lowest BCUT2D eigenvalue weighted by molar-refractivity contribution is 0.387. The fourth-order valence-electron chi connectivity index (χ4n) is 2.45. The number of methoxy groups -OCH3 is 1. The van der Waals surface area contributed by atoms with E-state index in [1.165, 1.54) is 24.3 Å². The molecule has 104 valence electrons. The molecular formula is C16H16FNOS. The summed E-state index contributed by atoms with van der Waals surface area (Å²) < 4.78 is 18.5. The molecule has 1 aliphatic rings. The van der Waals surface area contributed by atoms with Gasteiger partial charge in [0.1, 0.15) is 0 Å². The molecule has 0 saturated heterocycles. The molecule has 1 aliphatic heterocycles. The normalized spacial score (nSPS) is 17.4. The average Bonchev–Trinajstić information content (AvgIpc) is 2.49. The number of thioether (sulfide) groups is 1. The standard InChI is InChI=1S/C16H16FNOS/c1-19-16-8-12(6-7-14(16)17)18-15-10-20-9-11-4-2-3-5-13(11)15/h2-8,15,18H,9-10H2,1H3. The van der Waals surface area contributed by atoms with Crippen LogP contribution < -0.4 is 10.1 Å². The van der Waals surface area contributed by atoms with Crippen molar-refractivity contribution in [1.29, 1.82) is 0 Å². The van der Waals surface area contributed by atoms with E-state index in [0.717, 1.165) is 17.2 Å². The zero-order chi connectivity index (χ0) is 13.9. The Morgan fingerprint density at radius 3 is 2.95 bits per heavy atom. The van der Waals surface area contributed by atoms with Gasteiger partial charge >= 0.3 is 0 Å². The molecule has 0 fully saturated rings. The second-order valence-corrected chi connectivity index (χ2v) is 5.79. The van der Waals surface area contributed by atoms with Crippen LogP contribution in [0.4, 0.5) is 10.1 Å².